The van der Waals surface area contributed by atoms with Crippen LogP contribution in [-0.2, 0) is 0 Å². The van der Waals surface area contributed by atoms with Crippen LogP contribution in [0.5, 0.6) is 0 Å². The van der Waals surface area contributed by atoms with Crippen LogP contribution in [0.4, 0.5) is 0 Å². The Morgan fingerprint density at radius 2 is 0.833 bits per heavy atom. The lowest BCUT2D eigenvalue weighted by molar-refractivity contribution is 1.55. The average molecular weight is 306 g/mol. The van der Waals surface area contributed by atoms with Crippen molar-refractivity contribution in [2.75, 3.05) is 0 Å². The molecule has 4 aromatic carbocycles. The Morgan fingerprint density at radius 3 is 1.33 bits per heavy atom. The summed E-state index contributed by atoms with van der Waals surface area (Å²) in [6, 6.07) is 26.0. The fraction of sp³-hybridized carbons (Fsp3) is 0. The third-order valence-corrected chi connectivity index (χ3v) is 5.13. The third-order valence-electron chi connectivity index (χ3n) is 5.13. The quantitative estimate of drug-likeness (QED) is 0.339. The first-order chi connectivity index (χ1) is 11.9. The number of hydrogen-bond donors (Lipinski definition) is 2. The molecule has 6 rings (SSSR count). The van der Waals surface area contributed by atoms with Crippen molar-refractivity contribution in [3.05, 3.63) is 72.8 Å². The molecule has 0 unspecified atom stereocenters. The maximum absolute atomic E-state index is 3.54. The normalized spacial score (nSPS) is 12.2. The minimum atomic E-state index is 1.19. The second-order valence-electron chi connectivity index (χ2n) is 6.41. The van der Waals surface area contributed by atoms with Crippen LogP contribution >= 0.6 is 0 Å². The highest BCUT2D eigenvalue weighted by Gasteiger charge is 2.12. The minimum Gasteiger partial charge on any atom is -0.354 e. The number of H-pyrrole nitrogens is 2. The summed E-state index contributed by atoms with van der Waals surface area (Å²) in [6.07, 6.45) is 0. The van der Waals surface area contributed by atoms with Crippen LogP contribution in [0.2, 0.25) is 0 Å². The number of fused-ring (bicyclic) bond motifs is 9. The first kappa shape index (κ1) is 12.2. The maximum Gasteiger partial charge on any atom is 0.0471 e. The molecule has 0 bridgehead atoms. The Kier molecular flexibility index (Phi) is 2.12. The largest absolute Gasteiger partial charge is 0.354 e. The standard InChI is InChI=1S/C22H14N2/c1-3-7-17-15(5-1)21-13-9-12-20-22(14(13)10-11-19(21)23-17)16-6-2-4-8-18(16)24-20/h1-12,23-24H. The number of nitrogens with one attached hydrogen (secondary N) is 2. The molecule has 0 atom stereocenters. The van der Waals surface area contributed by atoms with Crippen LogP contribution in [0.1, 0.15) is 0 Å². The van der Waals surface area contributed by atoms with Crippen LogP contribution in [0, 0.1) is 0 Å². The summed E-state index contributed by atoms with van der Waals surface area (Å²) in [6.45, 7) is 0. The van der Waals surface area contributed by atoms with E-state index in [4.69, 9.17) is 0 Å². The van der Waals surface area contributed by atoms with E-state index in [1.54, 1.807) is 0 Å². The van der Waals surface area contributed by atoms with Crippen molar-refractivity contribution in [3.8, 4) is 0 Å². The van der Waals surface area contributed by atoms with Crippen molar-refractivity contribution in [3.63, 3.8) is 0 Å². The predicted octanol–water partition coefficient (Wildman–Crippen LogP) is 6.11. The van der Waals surface area contributed by atoms with Crippen molar-refractivity contribution >= 4 is 54.4 Å². The molecule has 0 saturated heterocycles. The third kappa shape index (κ3) is 1.41. The van der Waals surface area contributed by atoms with Gasteiger partial charge in [0, 0.05) is 43.6 Å². The van der Waals surface area contributed by atoms with E-state index < -0.39 is 0 Å². The Balaban J connectivity index is 1.93. The van der Waals surface area contributed by atoms with E-state index in [9.17, 15) is 0 Å². The van der Waals surface area contributed by atoms with Crippen molar-refractivity contribution in [1.82, 2.24) is 9.97 Å². The molecule has 2 nitrogen and oxygen atoms in total. The predicted molar refractivity (Wildman–Crippen MR) is 103 cm³/mol. The summed E-state index contributed by atoms with van der Waals surface area (Å²) in [5, 5.41) is 7.82. The molecular weight excluding hydrogens is 292 g/mol. The van der Waals surface area contributed by atoms with Crippen molar-refractivity contribution in [2.24, 2.45) is 0 Å². The van der Waals surface area contributed by atoms with Crippen molar-refractivity contribution in [2.45, 2.75) is 0 Å². The summed E-state index contributed by atoms with van der Waals surface area (Å²) < 4.78 is 0. The molecule has 2 N–H and O–H groups in total. The number of benzene rings is 4. The zero-order chi connectivity index (χ0) is 15.7. The van der Waals surface area contributed by atoms with Gasteiger partial charge in [-0.25, -0.2) is 0 Å². The Bertz CT molecular complexity index is 1290. The molecule has 0 saturated carbocycles. The van der Waals surface area contributed by atoms with Crippen LogP contribution in [0.3, 0.4) is 0 Å². The molecule has 24 heavy (non-hydrogen) atoms. The van der Waals surface area contributed by atoms with E-state index in [1.807, 2.05) is 0 Å². The van der Waals surface area contributed by atoms with Gasteiger partial charge in [-0.15, -0.1) is 0 Å². The molecule has 0 amide bonds. The number of aromatic nitrogens is 2. The van der Waals surface area contributed by atoms with Gasteiger partial charge in [0.05, 0.1) is 0 Å². The molecule has 2 aromatic heterocycles. The molecule has 2 heterocycles. The van der Waals surface area contributed by atoms with Crippen LogP contribution in [0.15, 0.2) is 72.8 Å². The molecule has 0 aliphatic carbocycles. The lowest BCUT2D eigenvalue weighted by atomic mass is 9.99. The molecule has 0 aliphatic heterocycles. The second-order valence-corrected chi connectivity index (χ2v) is 6.41. The average Bonchev–Trinajstić information content (AvgIpc) is 3.19. The van der Waals surface area contributed by atoms with Gasteiger partial charge in [-0.1, -0.05) is 48.5 Å². The van der Waals surface area contributed by atoms with Gasteiger partial charge in [-0.3, -0.25) is 0 Å². The molecule has 6 aromatic rings. The molecule has 0 radical (unpaired) electrons. The first-order valence-electron chi connectivity index (χ1n) is 8.23. The maximum atomic E-state index is 3.54. The van der Waals surface area contributed by atoms with Gasteiger partial charge in [0.1, 0.15) is 0 Å². The first-order valence-corrected chi connectivity index (χ1v) is 8.23. The SMILES string of the molecule is c1ccc2c(c1)[nH]c1ccc3c(ccc4[nH]c5ccccc5c43)c12. The van der Waals surface area contributed by atoms with E-state index in [2.05, 4.69) is 82.8 Å². The van der Waals surface area contributed by atoms with E-state index in [0.717, 1.165) is 0 Å². The van der Waals surface area contributed by atoms with Gasteiger partial charge in [0.25, 0.3) is 0 Å². The molecule has 0 fully saturated rings. The summed E-state index contributed by atoms with van der Waals surface area (Å²) >= 11 is 0. The summed E-state index contributed by atoms with van der Waals surface area (Å²) in [4.78, 5) is 7.08. The number of aromatic amines is 2. The van der Waals surface area contributed by atoms with Crippen molar-refractivity contribution < 1.29 is 0 Å². The molecule has 2 heteroatoms. The number of para-hydroxylation sites is 2. The Hall–Kier alpha value is -3.26. The van der Waals surface area contributed by atoms with E-state index in [-0.39, 0.29) is 0 Å². The van der Waals surface area contributed by atoms with Crippen LogP contribution < -0.4 is 0 Å². The monoisotopic (exact) mass is 306 g/mol. The second kappa shape index (κ2) is 4.18. The van der Waals surface area contributed by atoms with Gasteiger partial charge in [0.2, 0.25) is 0 Å². The molecular formula is C22H14N2. The lowest BCUT2D eigenvalue weighted by Crippen LogP contribution is -1.77. The molecule has 0 aliphatic rings. The molecule has 112 valence electrons. The van der Waals surface area contributed by atoms with Crippen molar-refractivity contribution in [1.29, 1.82) is 0 Å². The fourth-order valence-electron chi connectivity index (χ4n) is 4.10. The zero-order valence-corrected chi connectivity index (χ0v) is 12.9. The minimum absolute atomic E-state index is 1.19. The van der Waals surface area contributed by atoms with Crippen LogP contribution in [0.25, 0.3) is 54.4 Å². The smallest absolute Gasteiger partial charge is 0.0471 e. The van der Waals surface area contributed by atoms with Gasteiger partial charge in [-0.05, 0) is 35.0 Å². The van der Waals surface area contributed by atoms with E-state index in [0.29, 0.717) is 0 Å². The van der Waals surface area contributed by atoms with Gasteiger partial charge >= 0.3 is 0 Å². The Morgan fingerprint density at radius 1 is 0.375 bits per heavy atom. The van der Waals surface area contributed by atoms with E-state index >= 15 is 0 Å². The molecule has 0 spiro atoms. The zero-order valence-electron chi connectivity index (χ0n) is 12.9. The fourth-order valence-corrected chi connectivity index (χ4v) is 4.10. The van der Waals surface area contributed by atoms with Crippen LogP contribution in [-0.4, -0.2) is 9.97 Å². The van der Waals surface area contributed by atoms with Gasteiger partial charge in [0.15, 0.2) is 0 Å². The highest BCUT2D eigenvalue weighted by atomic mass is 14.7. The summed E-state index contributed by atoms with van der Waals surface area (Å²) in [7, 11) is 0. The highest BCUT2D eigenvalue weighted by molar-refractivity contribution is 6.28. The summed E-state index contributed by atoms with van der Waals surface area (Å²) in [5.41, 5.74) is 4.78. The number of hydrogen-bond acceptors (Lipinski definition) is 0. The topological polar surface area (TPSA) is 31.6 Å². The summed E-state index contributed by atoms with van der Waals surface area (Å²) in [5.74, 6) is 0. The highest BCUT2D eigenvalue weighted by Crippen LogP contribution is 2.37. The Labute approximate surface area is 137 Å². The van der Waals surface area contributed by atoms with Gasteiger partial charge < -0.3 is 9.97 Å². The lowest BCUT2D eigenvalue weighted by Gasteiger charge is -2.03. The van der Waals surface area contributed by atoms with E-state index in [1.165, 1.54) is 54.4 Å². The van der Waals surface area contributed by atoms with Gasteiger partial charge in [-0.2, -0.15) is 0 Å². The number of rotatable bonds is 0.